The van der Waals surface area contributed by atoms with E-state index in [4.69, 9.17) is 0 Å². The van der Waals surface area contributed by atoms with Gasteiger partial charge in [0.25, 0.3) is 0 Å². The van der Waals surface area contributed by atoms with Gasteiger partial charge in [-0.25, -0.2) is 0 Å². The molecule has 3 heteroatoms. The molecular weight excluding hydrogens is 308 g/mol. The third kappa shape index (κ3) is 11.4. The standard InChI is InChI=1S/C22H42N2O/c1-3-4-5-6-7-8-9-10-11-12-13-14-15-16-17-18-22-23-19-20-24(22)21(2)25/h7-8,21,25H,3-6,9-20H2,1-2H3/b8-7+. The van der Waals surface area contributed by atoms with Crippen LogP contribution in [0.1, 0.15) is 104 Å². The minimum absolute atomic E-state index is 0.382. The molecule has 0 radical (unpaired) electrons. The highest BCUT2D eigenvalue weighted by molar-refractivity contribution is 5.83. The Balaban J connectivity index is 1.82. The highest BCUT2D eigenvalue weighted by Crippen LogP contribution is 2.14. The van der Waals surface area contributed by atoms with Gasteiger partial charge in [-0.2, -0.15) is 0 Å². The van der Waals surface area contributed by atoms with Gasteiger partial charge in [0.1, 0.15) is 12.1 Å². The molecule has 1 aliphatic heterocycles. The molecule has 1 atom stereocenters. The summed E-state index contributed by atoms with van der Waals surface area (Å²) in [6, 6.07) is 0. The largest absolute Gasteiger partial charge is 0.374 e. The van der Waals surface area contributed by atoms with Gasteiger partial charge in [0.15, 0.2) is 0 Å². The molecule has 25 heavy (non-hydrogen) atoms. The van der Waals surface area contributed by atoms with Gasteiger partial charge in [-0.1, -0.05) is 70.4 Å². The fourth-order valence-electron chi connectivity index (χ4n) is 3.49. The number of rotatable bonds is 16. The third-order valence-corrected chi connectivity index (χ3v) is 5.08. The maximum atomic E-state index is 9.69. The van der Waals surface area contributed by atoms with Crippen molar-refractivity contribution in [3.8, 4) is 0 Å². The number of hydrogen-bond donors (Lipinski definition) is 1. The Labute approximate surface area is 156 Å². The molecule has 0 aliphatic carbocycles. The Bertz CT molecular complexity index is 363. The normalized spacial score (nSPS) is 16.0. The molecule has 1 aliphatic rings. The number of aliphatic hydroxyl groups is 1. The van der Waals surface area contributed by atoms with Gasteiger partial charge in [-0.3, -0.25) is 4.99 Å². The van der Waals surface area contributed by atoms with Crippen molar-refractivity contribution >= 4 is 5.84 Å². The van der Waals surface area contributed by atoms with Gasteiger partial charge in [0, 0.05) is 13.0 Å². The second-order valence-corrected chi connectivity index (χ2v) is 7.46. The molecule has 0 saturated carbocycles. The molecule has 0 saturated heterocycles. The summed E-state index contributed by atoms with van der Waals surface area (Å²) < 4.78 is 0. The Morgan fingerprint density at radius 3 is 2.08 bits per heavy atom. The molecule has 3 nitrogen and oxygen atoms in total. The molecule has 0 amide bonds. The maximum Gasteiger partial charge on any atom is 0.125 e. The van der Waals surface area contributed by atoms with E-state index in [0.29, 0.717) is 0 Å². The molecule has 0 spiro atoms. The molecule has 0 bridgehead atoms. The van der Waals surface area contributed by atoms with E-state index in [1.54, 1.807) is 0 Å². The average molecular weight is 351 g/mol. The van der Waals surface area contributed by atoms with Crippen molar-refractivity contribution in [3.05, 3.63) is 12.2 Å². The van der Waals surface area contributed by atoms with Crippen LogP contribution in [0.2, 0.25) is 0 Å². The van der Waals surface area contributed by atoms with E-state index in [0.717, 1.165) is 25.3 Å². The third-order valence-electron chi connectivity index (χ3n) is 5.08. The minimum Gasteiger partial charge on any atom is -0.374 e. The van der Waals surface area contributed by atoms with Crippen LogP contribution in [-0.2, 0) is 0 Å². The number of nitrogens with zero attached hydrogens (tertiary/aromatic N) is 2. The lowest BCUT2D eigenvalue weighted by molar-refractivity contribution is 0.0766. The zero-order valence-electron chi connectivity index (χ0n) is 16.9. The molecule has 146 valence electrons. The maximum absolute atomic E-state index is 9.69. The lowest BCUT2D eigenvalue weighted by Crippen LogP contribution is -2.35. The van der Waals surface area contributed by atoms with Crippen molar-refractivity contribution < 1.29 is 5.11 Å². The van der Waals surface area contributed by atoms with Crippen molar-refractivity contribution in [2.45, 2.75) is 110 Å². The van der Waals surface area contributed by atoms with E-state index in [1.807, 2.05) is 11.8 Å². The first-order valence-electron chi connectivity index (χ1n) is 10.9. The Hall–Kier alpha value is -0.830. The molecule has 0 fully saturated rings. The van der Waals surface area contributed by atoms with Crippen LogP contribution in [0.15, 0.2) is 17.1 Å². The van der Waals surface area contributed by atoms with Crippen LogP contribution >= 0.6 is 0 Å². The number of allylic oxidation sites excluding steroid dienone is 2. The Morgan fingerprint density at radius 1 is 0.920 bits per heavy atom. The highest BCUT2D eigenvalue weighted by Gasteiger charge is 2.19. The van der Waals surface area contributed by atoms with Crippen LogP contribution in [0.4, 0.5) is 0 Å². The van der Waals surface area contributed by atoms with Crippen LogP contribution in [0.3, 0.4) is 0 Å². The lowest BCUT2D eigenvalue weighted by Gasteiger charge is -2.23. The quantitative estimate of drug-likeness (QED) is 0.270. The van der Waals surface area contributed by atoms with Gasteiger partial charge in [0.2, 0.25) is 0 Å². The summed E-state index contributed by atoms with van der Waals surface area (Å²) in [6.07, 6.45) is 22.8. The summed E-state index contributed by atoms with van der Waals surface area (Å²) >= 11 is 0. The molecule has 1 heterocycles. The van der Waals surface area contributed by atoms with Gasteiger partial charge < -0.3 is 10.0 Å². The van der Waals surface area contributed by atoms with Crippen molar-refractivity contribution in [2.24, 2.45) is 4.99 Å². The summed E-state index contributed by atoms with van der Waals surface area (Å²) in [7, 11) is 0. The van der Waals surface area contributed by atoms with Crippen LogP contribution in [0.5, 0.6) is 0 Å². The van der Waals surface area contributed by atoms with E-state index < -0.39 is 0 Å². The topological polar surface area (TPSA) is 35.8 Å². The Kier molecular flexibility index (Phi) is 13.7. The van der Waals surface area contributed by atoms with Gasteiger partial charge in [-0.05, 0) is 39.0 Å². The van der Waals surface area contributed by atoms with Gasteiger partial charge in [-0.15, -0.1) is 0 Å². The van der Waals surface area contributed by atoms with Gasteiger partial charge in [0.05, 0.1) is 6.54 Å². The molecule has 0 aromatic carbocycles. The van der Waals surface area contributed by atoms with Crippen LogP contribution in [-0.4, -0.2) is 35.2 Å². The zero-order chi connectivity index (χ0) is 18.2. The molecule has 0 aromatic heterocycles. The van der Waals surface area contributed by atoms with E-state index in [9.17, 15) is 5.11 Å². The first-order chi connectivity index (χ1) is 12.3. The van der Waals surface area contributed by atoms with E-state index >= 15 is 0 Å². The molecule has 0 aromatic rings. The fraction of sp³-hybridized carbons (Fsp3) is 0.864. The number of aliphatic imine (C=N–C) groups is 1. The van der Waals surface area contributed by atoms with Crippen LogP contribution in [0, 0.1) is 0 Å². The fourth-order valence-corrected chi connectivity index (χ4v) is 3.49. The summed E-state index contributed by atoms with van der Waals surface area (Å²) in [4.78, 5) is 6.56. The lowest BCUT2D eigenvalue weighted by atomic mass is 10.1. The molecule has 1 N–H and O–H groups in total. The molecule has 1 unspecified atom stereocenters. The predicted molar refractivity (Wildman–Crippen MR) is 110 cm³/mol. The zero-order valence-corrected chi connectivity index (χ0v) is 16.9. The van der Waals surface area contributed by atoms with Crippen molar-refractivity contribution in [1.29, 1.82) is 0 Å². The van der Waals surface area contributed by atoms with E-state index in [-0.39, 0.29) is 6.23 Å². The molecular formula is C22H42N2O. The minimum atomic E-state index is -0.382. The summed E-state index contributed by atoms with van der Waals surface area (Å²) in [5, 5.41) is 9.69. The SMILES string of the molecule is CCCCC/C=C/CCCCCCCCCCC1=NCCN1C(C)O. The second kappa shape index (κ2) is 15.4. The van der Waals surface area contributed by atoms with Crippen molar-refractivity contribution in [2.75, 3.05) is 13.1 Å². The molecule has 1 rings (SSSR count). The average Bonchev–Trinajstić information content (AvgIpc) is 3.07. The Morgan fingerprint density at radius 2 is 1.48 bits per heavy atom. The van der Waals surface area contributed by atoms with Crippen LogP contribution < -0.4 is 0 Å². The summed E-state index contributed by atoms with van der Waals surface area (Å²) in [5.74, 6) is 1.12. The first kappa shape index (κ1) is 22.2. The number of unbranched alkanes of at least 4 members (excludes halogenated alkanes) is 11. The van der Waals surface area contributed by atoms with E-state index in [1.165, 1.54) is 83.5 Å². The number of hydrogen-bond acceptors (Lipinski definition) is 3. The summed E-state index contributed by atoms with van der Waals surface area (Å²) in [6.45, 7) is 5.84. The number of aliphatic hydroxyl groups excluding tert-OH is 1. The van der Waals surface area contributed by atoms with Crippen LogP contribution in [0.25, 0.3) is 0 Å². The first-order valence-corrected chi connectivity index (χ1v) is 10.9. The second-order valence-electron chi connectivity index (χ2n) is 7.46. The highest BCUT2D eigenvalue weighted by atomic mass is 16.3. The monoisotopic (exact) mass is 350 g/mol. The van der Waals surface area contributed by atoms with Crippen molar-refractivity contribution in [1.82, 2.24) is 4.90 Å². The summed E-state index contributed by atoms with van der Waals surface area (Å²) in [5.41, 5.74) is 0. The van der Waals surface area contributed by atoms with Crippen molar-refractivity contribution in [3.63, 3.8) is 0 Å². The smallest absolute Gasteiger partial charge is 0.125 e. The number of amidine groups is 1. The van der Waals surface area contributed by atoms with E-state index in [2.05, 4.69) is 24.1 Å². The van der Waals surface area contributed by atoms with Gasteiger partial charge >= 0.3 is 0 Å². The predicted octanol–water partition coefficient (Wildman–Crippen LogP) is 6.08.